The van der Waals surface area contributed by atoms with Crippen molar-refractivity contribution in [3.05, 3.63) is 102 Å². The van der Waals surface area contributed by atoms with Crippen molar-refractivity contribution in [2.75, 3.05) is 20.8 Å². The van der Waals surface area contributed by atoms with Crippen LogP contribution in [0.3, 0.4) is 0 Å². The Hall–Kier alpha value is -5.87. The summed E-state index contributed by atoms with van der Waals surface area (Å²) in [6.45, 7) is 14.8. The minimum Gasteiger partial charge on any atom is -0.453 e. The van der Waals surface area contributed by atoms with Crippen molar-refractivity contribution in [3.63, 3.8) is 0 Å². The van der Waals surface area contributed by atoms with Crippen LogP contribution in [0.1, 0.15) is 72.1 Å². The molecule has 0 radical (unpaired) electrons. The maximum absolute atomic E-state index is 14.0. The summed E-state index contributed by atoms with van der Waals surface area (Å²) >= 11 is 0. The summed E-state index contributed by atoms with van der Waals surface area (Å²) in [5, 5.41) is 35.1. The van der Waals surface area contributed by atoms with E-state index in [2.05, 4.69) is 36.8 Å². The molecule has 0 saturated heterocycles. The standard InChI is InChI=1S/C43H59N9O7/c1-41(2,3)34(45-39(56)58-9)37(54)44-32(25-28-17-13-11-14-18-28)33(53)27-51(49-38(55)35(42(4,5)6)46-40(57)59-10)26-29-21-23-30(24-22-29)36-47-50-52(48-36)43(7,8)31-19-15-12-16-20-31/h11-24,32-35,53H,25-27H2,1-10H3,(H,44,54)(H,45,56)(H,46,57)(H,49,55)/t32-,33-,34+,35+/m0/s1. The second kappa shape index (κ2) is 19.7. The van der Waals surface area contributed by atoms with Crippen LogP contribution < -0.4 is 21.4 Å². The summed E-state index contributed by atoms with van der Waals surface area (Å²) in [5.41, 5.74) is 4.23. The number of hydrazine groups is 1. The number of aliphatic hydroxyl groups excluding tert-OH is 1. The number of aromatic nitrogens is 4. The minimum atomic E-state index is -1.26. The third kappa shape index (κ3) is 12.8. The molecule has 0 bridgehead atoms. The van der Waals surface area contributed by atoms with E-state index in [1.54, 1.807) is 46.3 Å². The first-order valence-electron chi connectivity index (χ1n) is 19.4. The lowest BCUT2D eigenvalue weighted by Crippen LogP contribution is -2.60. The Bertz CT molecular complexity index is 1990. The first kappa shape index (κ1) is 45.8. The van der Waals surface area contributed by atoms with Gasteiger partial charge in [0.05, 0.1) is 26.4 Å². The largest absolute Gasteiger partial charge is 0.453 e. The Morgan fingerprint density at radius 1 is 0.712 bits per heavy atom. The fraction of sp³-hybridized carbons (Fsp3) is 0.465. The van der Waals surface area contributed by atoms with Gasteiger partial charge in [0.15, 0.2) is 0 Å². The lowest BCUT2D eigenvalue weighted by Gasteiger charge is -2.35. The molecule has 0 fully saturated rings. The third-order valence-electron chi connectivity index (χ3n) is 9.90. The van der Waals surface area contributed by atoms with Gasteiger partial charge in [0, 0.05) is 18.7 Å². The Labute approximate surface area is 346 Å². The van der Waals surface area contributed by atoms with Crippen molar-refractivity contribution in [1.29, 1.82) is 0 Å². The Balaban J connectivity index is 1.64. The summed E-state index contributed by atoms with van der Waals surface area (Å²) in [6.07, 6.45) is -2.58. The quantitative estimate of drug-likeness (QED) is 0.0992. The van der Waals surface area contributed by atoms with E-state index in [0.717, 1.165) is 16.7 Å². The molecule has 59 heavy (non-hydrogen) atoms. The zero-order valence-electron chi connectivity index (χ0n) is 35.6. The molecular weight excluding hydrogens is 755 g/mol. The predicted octanol–water partition coefficient (Wildman–Crippen LogP) is 4.59. The number of nitrogens with one attached hydrogen (secondary N) is 4. The van der Waals surface area contributed by atoms with E-state index in [1.807, 2.05) is 98.8 Å². The van der Waals surface area contributed by atoms with Crippen LogP contribution in [0.25, 0.3) is 11.4 Å². The number of rotatable bonds is 16. The highest BCUT2D eigenvalue weighted by atomic mass is 16.5. The molecule has 0 aliphatic carbocycles. The molecule has 0 aliphatic heterocycles. The molecule has 4 atom stereocenters. The van der Waals surface area contributed by atoms with E-state index >= 15 is 0 Å². The lowest BCUT2D eigenvalue weighted by molar-refractivity contribution is -0.132. The fourth-order valence-corrected chi connectivity index (χ4v) is 6.35. The molecule has 0 unspecified atom stereocenters. The summed E-state index contributed by atoms with van der Waals surface area (Å²) < 4.78 is 9.59. The predicted molar refractivity (Wildman–Crippen MR) is 222 cm³/mol. The molecule has 5 N–H and O–H groups in total. The molecule has 1 aromatic heterocycles. The number of aliphatic hydroxyl groups is 1. The zero-order chi connectivity index (χ0) is 43.5. The van der Waals surface area contributed by atoms with Crippen molar-refractivity contribution in [2.45, 2.75) is 98.1 Å². The van der Waals surface area contributed by atoms with Gasteiger partial charge in [0.1, 0.15) is 17.6 Å². The fourth-order valence-electron chi connectivity index (χ4n) is 6.35. The van der Waals surface area contributed by atoms with Gasteiger partial charge in [-0.2, -0.15) is 4.80 Å². The van der Waals surface area contributed by atoms with Crippen LogP contribution in [0.2, 0.25) is 0 Å². The second-order valence-electron chi connectivity index (χ2n) is 17.1. The number of carbonyl (C=O) groups excluding carboxylic acids is 4. The topological polar surface area (TPSA) is 202 Å². The van der Waals surface area contributed by atoms with Gasteiger partial charge in [0.25, 0.3) is 5.91 Å². The van der Waals surface area contributed by atoms with E-state index in [0.29, 0.717) is 11.4 Å². The number of hydrogen-bond donors (Lipinski definition) is 5. The normalized spacial score (nSPS) is 14.0. The first-order chi connectivity index (χ1) is 27.7. The van der Waals surface area contributed by atoms with Gasteiger partial charge in [-0.25, -0.2) is 14.6 Å². The molecule has 3 aromatic carbocycles. The average molecular weight is 814 g/mol. The minimum absolute atomic E-state index is 0.111. The van der Waals surface area contributed by atoms with Gasteiger partial charge >= 0.3 is 12.2 Å². The Morgan fingerprint density at radius 3 is 1.76 bits per heavy atom. The summed E-state index contributed by atoms with van der Waals surface area (Å²) in [4.78, 5) is 54.0. The number of amides is 4. The van der Waals surface area contributed by atoms with Crippen molar-refractivity contribution in [1.82, 2.24) is 46.6 Å². The number of ether oxygens (including phenoxy) is 2. The SMILES string of the molecule is COC(=O)N[C@H](C(=O)N[C@@H](Cc1ccccc1)[C@@H](O)CN(Cc1ccc(-c2nnn(C(C)(C)c3ccccc3)n2)cc1)NC(=O)[C@@H](NC(=O)OC)C(C)(C)C)C(C)(C)C. The van der Waals surface area contributed by atoms with E-state index in [9.17, 15) is 24.3 Å². The van der Waals surface area contributed by atoms with Gasteiger partial charge in [-0.3, -0.25) is 15.0 Å². The lowest BCUT2D eigenvalue weighted by atomic mass is 9.85. The number of carbonyl (C=O) groups is 4. The number of benzene rings is 3. The van der Waals surface area contributed by atoms with Crippen LogP contribution in [-0.2, 0) is 37.6 Å². The summed E-state index contributed by atoms with van der Waals surface area (Å²) in [5.74, 6) is -0.646. The van der Waals surface area contributed by atoms with Crippen LogP contribution in [0.15, 0.2) is 84.9 Å². The summed E-state index contributed by atoms with van der Waals surface area (Å²) in [6, 6.07) is 23.7. The van der Waals surface area contributed by atoms with Gasteiger partial charge < -0.3 is 30.5 Å². The summed E-state index contributed by atoms with van der Waals surface area (Å²) in [7, 11) is 2.43. The Morgan fingerprint density at radius 2 is 1.24 bits per heavy atom. The molecule has 1 heterocycles. The third-order valence-corrected chi connectivity index (χ3v) is 9.90. The highest BCUT2D eigenvalue weighted by Gasteiger charge is 2.37. The molecule has 0 saturated carbocycles. The maximum Gasteiger partial charge on any atom is 0.407 e. The smallest absolute Gasteiger partial charge is 0.407 e. The highest BCUT2D eigenvalue weighted by molar-refractivity contribution is 5.87. The molecule has 0 aliphatic rings. The number of nitrogens with zero attached hydrogens (tertiary/aromatic N) is 5. The number of hydrogen-bond acceptors (Lipinski definition) is 11. The molecule has 4 amide bonds. The van der Waals surface area contributed by atoms with Gasteiger partial charge in [-0.1, -0.05) is 126 Å². The zero-order valence-corrected chi connectivity index (χ0v) is 35.6. The van der Waals surface area contributed by atoms with E-state index < -0.39 is 64.6 Å². The molecule has 16 nitrogen and oxygen atoms in total. The van der Waals surface area contributed by atoms with E-state index in [-0.39, 0.29) is 19.5 Å². The molecule has 318 valence electrons. The molecule has 4 aromatic rings. The van der Waals surface area contributed by atoms with Crippen molar-refractivity contribution in [3.8, 4) is 11.4 Å². The van der Waals surface area contributed by atoms with Crippen molar-refractivity contribution in [2.24, 2.45) is 10.8 Å². The van der Waals surface area contributed by atoms with Crippen LogP contribution in [0.5, 0.6) is 0 Å². The van der Waals surface area contributed by atoms with E-state index in [4.69, 9.17) is 9.47 Å². The maximum atomic E-state index is 14.0. The Kier molecular flexibility index (Phi) is 15.3. The first-order valence-corrected chi connectivity index (χ1v) is 19.4. The second-order valence-corrected chi connectivity index (χ2v) is 17.1. The van der Waals surface area contributed by atoms with Gasteiger partial charge in [0.2, 0.25) is 11.7 Å². The van der Waals surface area contributed by atoms with Gasteiger partial charge in [-0.05, 0) is 53.0 Å². The van der Waals surface area contributed by atoms with Crippen LogP contribution >= 0.6 is 0 Å². The van der Waals surface area contributed by atoms with Crippen LogP contribution in [-0.4, -0.2) is 99.3 Å². The van der Waals surface area contributed by atoms with Crippen molar-refractivity contribution >= 4 is 24.0 Å². The van der Waals surface area contributed by atoms with E-state index in [1.165, 1.54) is 19.2 Å². The number of alkyl carbamates (subject to hydrolysis) is 2. The molecular formula is C43H59N9O7. The number of methoxy groups -OCH3 is 2. The molecule has 16 heteroatoms. The average Bonchev–Trinajstić information content (AvgIpc) is 3.70. The molecule has 0 spiro atoms. The van der Waals surface area contributed by atoms with Gasteiger partial charge in [-0.15, -0.1) is 10.2 Å². The highest BCUT2D eigenvalue weighted by Crippen LogP contribution is 2.26. The van der Waals surface area contributed by atoms with Crippen LogP contribution in [0, 0.1) is 10.8 Å². The van der Waals surface area contributed by atoms with Crippen LogP contribution in [0.4, 0.5) is 9.59 Å². The van der Waals surface area contributed by atoms with Crippen molar-refractivity contribution < 1.29 is 33.8 Å². The molecule has 4 rings (SSSR count). The number of tetrazole rings is 1. The monoisotopic (exact) mass is 813 g/mol.